The van der Waals surface area contributed by atoms with Crippen molar-refractivity contribution >= 4 is 23.2 Å². The van der Waals surface area contributed by atoms with Crippen LogP contribution in [0.3, 0.4) is 0 Å². The predicted molar refractivity (Wildman–Crippen MR) is 68.6 cm³/mol. The van der Waals surface area contributed by atoms with Gasteiger partial charge in [-0.05, 0) is 39.0 Å². The van der Waals surface area contributed by atoms with Crippen LogP contribution in [0.1, 0.15) is 26.3 Å². The molecule has 1 aromatic heterocycles. The fraction of sp³-hybridized carbons (Fsp3) is 0.308. The third kappa shape index (κ3) is 3.22. The van der Waals surface area contributed by atoms with Crippen molar-refractivity contribution in [2.75, 3.05) is 5.32 Å². The molecule has 6 heteroatoms. The summed E-state index contributed by atoms with van der Waals surface area (Å²) in [5.41, 5.74) is 0.879. The van der Waals surface area contributed by atoms with Crippen LogP contribution in [0.4, 0.5) is 10.8 Å². The minimum atomic E-state index is -0.639. The second-order valence-corrected chi connectivity index (χ2v) is 4.94. The molecule has 1 amide bonds. The van der Waals surface area contributed by atoms with Gasteiger partial charge in [0.1, 0.15) is 11.1 Å². The summed E-state index contributed by atoms with van der Waals surface area (Å²) >= 11 is 0. The first-order valence-electron chi connectivity index (χ1n) is 5.68. The summed E-state index contributed by atoms with van der Waals surface area (Å²) in [6.45, 7) is 5.29. The Morgan fingerprint density at radius 1 is 1.47 bits per heavy atom. The molecule has 0 unspecified atom stereocenters. The van der Waals surface area contributed by atoms with Crippen LogP contribution in [-0.4, -0.2) is 16.7 Å². The van der Waals surface area contributed by atoms with Crippen molar-refractivity contribution in [3.05, 3.63) is 23.8 Å². The number of aromatic nitrogens is 1. The number of nitrogens with zero attached hydrogens (tertiary/aromatic N) is 2. The Kier molecular flexibility index (Phi) is 3.13. The smallest absolute Gasteiger partial charge is 0.415 e. The van der Waals surface area contributed by atoms with E-state index in [2.05, 4.69) is 10.3 Å². The number of hydrogen-bond acceptors (Lipinski definition) is 5. The molecule has 0 aliphatic rings. The van der Waals surface area contributed by atoms with Crippen LogP contribution in [0.15, 0.2) is 22.6 Å². The molecule has 19 heavy (non-hydrogen) atoms. The third-order valence-corrected chi connectivity index (χ3v) is 2.12. The molecule has 2 rings (SSSR count). The number of nitriles is 1. The highest BCUT2D eigenvalue weighted by Crippen LogP contribution is 2.20. The van der Waals surface area contributed by atoms with E-state index in [0.717, 1.165) is 0 Å². The Hall–Kier alpha value is -2.55. The van der Waals surface area contributed by atoms with Gasteiger partial charge < -0.3 is 9.15 Å². The third-order valence-electron chi connectivity index (χ3n) is 2.12. The average molecular weight is 259 g/mol. The summed E-state index contributed by atoms with van der Waals surface area (Å²) in [6.07, 6.45) is -0.639. The molecular weight excluding hydrogens is 246 g/mol. The second-order valence-electron chi connectivity index (χ2n) is 4.94. The van der Waals surface area contributed by atoms with E-state index in [-0.39, 0.29) is 6.01 Å². The van der Waals surface area contributed by atoms with Crippen LogP contribution in [0.2, 0.25) is 0 Å². The largest absolute Gasteiger partial charge is 0.443 e. The minimum Gasteiger partial charge on any atom is -0.443 e. The molecule has 6 nitrogen and oxygen atoms in total. The SMILES string of the molecule is CC(C)(C)OC(=O)Nc1nc2cc(C#N)ccc2o1. The molecule has 1 heterocycles. The van der Waals surface area contributed by atoms with E-state index in [1.165, 1.54) is 0 Å². The van der Waals surface area contributed by atoms with Crippen LogP contribution in [-0.2, 0) is 4.74 Å². The molecule has 0 aliphatic carbocycles. The quantitative estimate of drug-likeness (QED) is 0.850. The van der Waals surface area contributed by atoms with E-state index in [1.54, 1.807) is 39.0 Å². The molecule has 0 radical (unpaired) electrons. The lowest BCUT2D eigenvalue weighted by atomic mass is 10.2. The van der Waals surface area contributed by atoms with Crippen LogP contribution < -0.4 is 5.32 Å². The lowest BCUT2D eigenvalue weighted by Crippen LogP contribution is -2.27. The van der Waals surface area contributed by atoms with Crippen molar-refractivity contribution in [1.29, 1.82) is 5.26 Å². The average Bonchev–Trinajstić information content (AvgIpc) is 2.66. The Bertz CT molecular complexity index is 662. The zero-order valence-corrected chi connectivity index (χ0v) is 10.9. The number of anilines is 1. The van der Waals surface area contributed by atoms with Crippen LogP contribution >= 0.6 is 0 Å². The van der Waals surface area contributed by atoms with Crippen molar-refractivity contribution in [2.45, 2.75) is 26.4 Å². The van der Waals surface area contributed by atoms with Crippen molar-refractivity contribution in [3.63, 3.8) is 0 Å². The molecule has 0 atom stereocenters. The number of rotatable bonds is 1. The maximum Gasteiger partial charge on any atom is 0.415 e. The topological polar surface area (TPSA) is 88.1 Å². The predicted octanol–water partition coefficient (Wildman–Crippen LogP) is 3.05. The van der Waals surface area contributed by atoms with Gasteiger partial charge in [0.05, 0.1) is 11.6 Å². The number of benzene rings is 1. The second kappa shape index (κ2) is 4.61. The van der Waals surface area contributed by atoms with E-state index < -0.39 is 11.7 Å². The van der Waals surface area contributed by atoms with Crippen LogP contribution in [0.5, 0.6) is 0 Å². The van der Waals surface area contributed by atoms with Gasteiger partial charge in [-0.25, -0.2) is 10.1 Å². The number of amides is 1. The highest BCUT2D eigenvalue weighted by molar-refractivity contribution is 5.85. The molecular formula is C13H13N3O3. The van der Waals surface area contributed by atoms with Crippen LogP contribution in [0.25, 0.3) is 11.1 Å². The summed E-state index contributed by atoms with van der Waals surface area (Å²) in [4.78, 5) is 15.6. The summed E-state index contributed by atoms with van der Waals surface area (Å²) < 4.78 is 10.4. The van der Waals surface area contributed by atoms with Gasteiger partial charge in [0.15, 0.2) is 5.58 Å². The maximum absolute atomic E-state index is 11.5. The van der Waals surface area contributed by atoms with Gasteiger partial charge >= 0.3 is 12.1 Å². The van der Waals surface area contributed by atoms with Crippen LogP contribution in [0, 0.1) is 11.3 Å². The first kappa shape index (κ1) is 12.9. The number of oxazole rings is 1. The van der Waals surface area contributed by atoms with Gasteiger partial charge in [-0.3, -0.25) is 0 Å². The Labute approximate surface area is 110 Å². The molecule has 0 saturated heterocycles. The highest BCUT2D eigenvalue weighted by atomic mass is 16.6. The fourth-order valence-electron chi connectivity index (χ4n) is 1.44. The van der Waals surface area contributed by atoms with Gasteiger partial charge in [-0.15, -0.1) is 0 Å². The molecule has 98 valence electrons. The molecule has 1 N–H and O–H groups in total. The summed E-state index contributed by atoms with van der Waals surface area (Å²) in [5, 5.41) is 11.2. The van der Waals surface area contributed by atoms with Crippen molar-refractivity contribution in [3.8, 4) is 6.07 Å². The molecule has 0 saturated carbocycles. The summed E-state index contributed by atoms with van der Waals surface area (Å²) in [7, 11) is 0. The lowest BCUT2D eigenvalue weighted by molar-refractivity contribution is 0.0632. The Morgan fingerprint density at radius 3 is 2.84 bits per heavy atom. The minimum absolute atomic E-state index is 0.0411. The zero-order chi connectivity index (χ0) is 14.0. The molecule has 2 aromatic rings. The number of hydrogen-bond donors (Lipinski definition) is 1. The van der Waals surface area contributed by atoms with Gasteiger partial charge in [0, 0.05) is 0 Å². The summed E-state index contributed by atoms with van der Waals surface area (Å²) in [6, 6.07) is 6.87. The Morgan fingerprint density at radius 2 is 2.21 bits per heavy atom. The Balaban J connectivity index is 2.18. The van der Waals surface area contributed by atoms with Crippen molar-refractivity contribution in [2.24, 2.45) is 0 Å². The van der Waals surface area contributed by atoms with E-state index in [0.29, 0.717) is 16.7 Å². The molecule has 1 aromatic carbocycles. The number of ether oxygens (including phenoxy) is 1. The van der Waals surface area contributed by atoms with E-state index in [1.807, 2.05) is 6.07 Å². The van der Waals surface area contributed by atoms with E-state index >= 15 is 0 Å². The number of carbonyl (C=O) groups is 1. The molecule has 0 fully saturated rings. The number of carbonyl (C=O) groups excluding carboxylic acids is 1. The lowest BCUT2D eigenvalue weighted by Gasteiger charge is -2.18. The maximum atomic E-state index is 11.5. The highest BCUT2D eigenvalue weighted by Gasteiger charge is 2.18. The number of fused-ring (bicyclic) bond motifs is 1. The first-order chi connectivity index (χ1) is 8.87. The monoisotopic (exact) mass is 259 g/mol. The molecule has 0 aliphatic heterocycles. The first-order valence-corrected chi connectivity index (χ1v) is 5.68. The van der Waals surface area contributed by atoms with Crippen molar-refractivity contribution in [1.82, 2.24) is 4.98 Å². The van der Waals surface area contributed by atoms with E-state index in [4.69, 9.17) is 14.4 Å². The summed E-state index contributed by atoms with van der Waals surface area (Å²) in [5.74, 6) is 0. The number of nitrogens with one attached hydrogen (secondary N) is 1. The normalized spacial score (nSPS) is 11.1. The zero-order valence-electron chi connectivity index (χ0n) is 10.9. The van der Waals surface area contributed by atoms with Gasteiger partial charge in [-0.2, -0.15) is 10.2 Å². The standard InChI is InChI=1S/C13H13N3O3/c1-13(2,3)19-12(17)16-11-15-9-6-8(7-14)4-5-10(9)18-11/h4-6H,1-3H3,(H,15,16,17). The van der Waals surface area contributed by atoms with Gasteiger partial charge in [0.2, 0.25) is 0 Å². The molecule has 0 bridgehead atoms. The van der Waals surface area contributed by atoms with Gasteiger partial charge in [0.25, 0.3) is 0 Å². The fourth-order valence-corrected chi connectivity index (χ4v) is 1.44. The molecule has 0 spiro atoms. The van der Waals surface area contributed by atoms with E-state index in [9.17, 15) is 4.79 Å². The van der Waals surface area contributed by atoms with Gasteiger partial charge in [-0.1, -0.05) is 0 Å². The van der Waals surface area contributed by atoms with Crippen molar-refractivity contribution < 1.29 is 13.9 Å².